The number of hydrogen-bond acceptors (Lipinski definition) is 5. The molecule has 0 heterocycles. The van der Waals surface area contributed by atoms with Gasteiger partial charge in [-0.3, -0.25) is 4.90 Å². The number of carbonyl (C=O) groups excluding carboxylic acids is 2. The van der Waals surface area contributed by atoms with Crippen LogP contribution < -0.4 is 0 Å². The fourth-order valence-electron chi connectivity index (χ4n) is 1.94. The predicted molar refractivity (Wildman–Crippen MR) is 101 cm³/mol. The molecular formula is C20H35NO4. The summed E-state index contributed by atoms with van der Waals surface area (Å²) in [5, 5.41) is 0. The summed E-state index contributed by atoms with van der Waals surface area (Å²) in [6.45, 7) is 9.87. The maximum atomic E-state index is 12.0. The van der Waals surface area contributed by atoms with E-state index in [0.29, 0.717) is 23.7 Å². The molecular weight excluding hydrogens is 318 g/mol. The number of rotatable bonds is 11. The zero-order valence-corrected chi connectivity index (χ0v) is 16.9. The smallest absolute Gasteiger partial charge is 0.335 e. The monoisotopic (exact) mass is 353 g/mol. The highest BCUT2D eigenvalue weighted by molar-refractivity contribution is 5.90. The minimum atomic E-state index is -0.399. The number of nitrogens with zero attached hydrogens (tertiary/aromatic N) is 1. The molecule has 0 saturated heterocycles. The van der Waals surface area contributed by atoms with Gasteiger partial charge >= 0.3 is 11.9 Å². The molecule has 5 nitrogen and oxygen atoms in total. The third-order valence-corrected chi connectivity index (χ3v) is 4.23. The lowest BCUT2D eigenvalue weighted by atomic mass is 10.0. The predicted octanol–water partition coefficient (Wildman–Crippen LogP) is 4.09. The molecule has 0 aromatic rings. The second-order valence-corrected chi connectivity index (χ2v) is 6.68. The van der Waals surface area contributed by atoms with E-state index in [1.54, 1.807) is 37.8 Å². The van der Waals surface area contributed by atoms with Gasteiger partial charge in [-0.1, -0.05) is 45.3 Å². The lowest BCUT2D eigenvalue weighted by Crippen LogP contribution is -2.30. The molecule has 0 aromatic heterocycles. The third kappa shape index (κ3) is 10.1. The summed E-state index contributed by atoms with van der Waals surface area (Å²) in [4.78, 5) is 25.8. The largest absolute Gasteiger partial charge is 0.462 e. The zero-order valence-electron chi connectivity index (χ0n) is 16.9. The summed E-state index contributed by atoms with van der Waals surface area (Å²) in [5.74, 6) is -0.324. The van der Waals surface area contributed by atoms with Gasteiger partial charge in [0.25, 0.3) is 0 Å². The molecule has 0 fully saturated rings. The van der Waals surface area contributed by atoms with E-state index >= 15 is 0 Å². The van der Waals surface area contributed by atoms with Crippen molar-refractivity contribution in [3.63, 3.8) is 0 Å². The summed E-state index contributed by atoms with van der Waals surface area (Å²) < 4.78 is 10.7. The third-order valence-electron chi connectivity index (χ3n) is 4.23. The molecule has 0 spiro atoms. The van der Waals surface area contributed by atoms with Crippen LogP contribution in [0.15, 0.2) is 23.3 Å². The van der Waals surface area contributed by atoms with Crippen molar-refractivity contribution < 1.29 is 19.1 Å². The average molecular weight is 354 g/mol. The van der Waals surface area contributed by atoms with Crippen molar-refractivity contribution in [2.75, 3.05) is 20.7 Å². The van der Waals surface area contributed by atoms with Crippen LogP contribution in [0.2, 0.25) is 0 Å². The van der Waals surface area contributed by atoms with Gasteiger partial charge in [-0.15, -0.1) is 0 Å². The Hall–Kier alpha value is -1.62. The van der Waals surface area contributed by atoms with Gasteiger partial charge in [-0.25, -0.2) is 9.59 Å². The Kier molecular flexibility index (Phi) is 11.9. The summed E-state index contributed by atoms with van der Waals surface area (Å²) in [7, 11) is 3.67. The van der Waals surface area contributed by atoms with Crippen LogP contribution in [0.1, 0.15) is 60.3 Å². The molecule has 0 aliphatic heterocycles. The van der Waals surface area contributed by atoms with E-state index in [0.717, 1.165) is 25.7 Å². The summed E-state index contributed by atoms with van der Waals surface area (Å²) >= 11 is 0. The van der Waals surface area contributed by atoms with E-state index in [4.69, 9.17) is 9.47 Å². The van der Waals surface area contributed by atoms with Gasteiger partial charge in [0.15, 0.2) is 6.23 Å². The molecule has 144 valence electrons. The van der Waals surface area contributed by atoms with Crippen molar-refractivity contribution in [3.05, 3.63) is 23.3 Å². The van der Waals surface area contributed by atoms with Crippen LogP contribution in [-0.4, -0.2) is 43.8 Å². The van der Waals surface area contributed by atoms with Crippen molar-refractivity contribution in [2.24, 2.45) is 5.92 Å². The van der Waals surface area contributed by atoms with E-state index in [1.165, 1.54) is 0 Å². The molecule has 0 amide bonds. The van der Waals surface area contributed by atoms with E-state index in [1.807, 2.05) is 14.1 Å². The normalized spacial score (nSPS) is 15.0. The first-order chi connectivity index (χ1) is 11.7. The average Bonchev–Trinajstić information content (AvgIpc) is 2.58. The maximum absolute atomic E-state index is 12.0. The highest BCUT2D eigenvalue weighted by Crippen LogP contribution is 2.14. The molecule has 0 radical (unpaired) electrons. The van der Waals surface area contributed by atoms with E-state index in [9.17, 15) is 9.59 Å². The van der Waals surface area contributed by atoms with Crippen LogP contribution in [0.4, 0.5) is 0 Å². The van der Waals surface area contributed by atoms with Crippen molar-refractivity contribution >= 4 is 11.9 Å². The Balaban J connectivity index is 4.57. The molecule has 0 aliphatic carbocycles. The van der Waals surface area contributed by atoms with Gasteiger partial charge in [0.05, 0.1) is 6.61 Å². The quantitative estimate of drug-likeness (QED) is 0.242. The lowest BCUT2D eigenvalue weighted by molar-refractivity contribution is -0.150. The molecule has 0 bridgehead atoms. The van der Waals surface area contributed by atoms with Gasteiger partial charge < -0.3 is 9.47 Å². The van der Waals surface area contributed by atoms with Gasteiger partial charge in [-0.2, -0.15) is 0 Å². The second-order valence-electron chi connectivity index (χ2n) is 6.68. The highest BCUT2D eigenvalue weighted by Gasteiger charge is 2.13. The van der Waals surface area contributed by atoms with Gasteiger partial charge in [0, 0.05) is 11.1 Å². The molecule has 25 heavy (non-hydrogen) atoms. The Morgan fingerprint density at radius 1 is 1.04 bits per heavy atom. The SMILES string of the molecule is CCCCC(CC)COC(=O)/C(C)=C/C=C(\C)C(=O)OC(C)N(C)C. The number of allylic oxidation sites excluding steroid dienone is 2. The fourth-order valence-corrected chi connectivity index (χ4v) is 1.94. The van der Waals surface area contributed by atoms with Crippen molar-refractivity contribution in [1.82, 2.24) is 4.90 Å². The van der Waals surface area contributed by atoms with Crippen LogP contribution in [0, 0.1) is 5.92 Å². The molecule has 0 saturated carbocycles. The number of carbonyl (C=O) groups is 2. The first kappa shape index (κ1) is 23.4. The zero-order chi connectivity index (χ0) is 19.4. The number of ether oxygens (including phenoxy) is 2. The molecule has 0 rings (SSSR count). The van der Waals surface area contributed by atoms with Crippen LogP contribution in [0.3, 0.4) is 0 Å². The number of esters is 2. The van der Waals surface area contributed by atoms with E-state index in [-0.39, 0.29) is 12.2 Å². The molecule has 0 N–H and O–H groups in total. The van der Waals surface area contributed by atoms with Crippen LogP contribution >= 0.6 is 0 Å². The van der Waals surface area contributed by atoms with E-state index in [2.05, 4.69) is 13.8 Å². The molecule has 5 heteroatoms. The van der Waals surface area contributed by atoms with E-state index < -0.39 is 5.97 Å². The minimum absolute atomic E-state index is 0.306. The van der Waals surface area contributed by atoms with Gasteiger partial charge in [0.2, 0.25) is 0 Å². The minimum Gasteiger partial charge on any atom is -0.462 e. The van der Waals surface area contributed by atoms with Crippen LogP contribution in [0.25, 0.3) is 0 Å². The van der Waals surface area contributed by atoms with Crippen LogP contribution in [-0.2, 0) is 19.1 Å². The number of unbranched alkanes of at least 4 members (excludes halogenated alkanes) is 1. The van der Waals surface area contributed by atoms with Crippen molar-refractivity contribution in [2.45, 2.75) is 66.5 Å². The molecule has 2 unspecified atom stereocenters. The Morgan fingerprint density at radius 3 is 2.08 bits per heavy atom. The number of hydrogen-bond donors (Lipinski definition) is 0. The van der Waals surface area contributed by atoms with Gasteiger partial charge in [-0.05, 0) is 47.2 Å². The Morgan fingerprint density at radius 2 is 1.60 bits per heavy atom. The van der Waals surface area contributed by atoms with Crippen molar-refractivity contribution in [3.8, 4) is 0 Å². The first-order valence-electron chi connectivity index (χ1n) is 9.12. The summed E-state index contributed by atoms with van der Waals surface area (Å²) in [6, 6.07) is 0. The summed E-state index contributed by atoms with van der Waals surface area (Å²) in [5.41, 5.74) is 0.911. The first-order valence-corrected chi connectivity index (χ1v) is 9.12. The van der Waals surface area contributed by atoms with Crippen LogP contribution in [0.5, 0.6) is 0 Å². The molecule has 2 atom stereocenters. The summed E-state index contributed by atoms with van der Waals surface area (Å²) in [6.07, 6.45) is 7.28. The standard InChI is InChI=1S/C20H35NO4/c1-8-10-11-18(9-2)14-24-19(22)15(3)12-13-16(4)20(23)25-17(5)21(6)7/h12-13,17-18H,8-11,14H2,1-7H3/b15-12+,16-13+. The fraction of sp³-hybridized carbons (Fsp3) is 0.700. The maximum Gasteiger partial charge on any atom is 0.335 e. The molecule has 0 aromatic carbocycles. The van der Waals surface area contributed by atoms with Crippen molar-refractivity contribution in [1.29, 1.82) is 0 Å². The molecule has 0 aliphatic rings. The topological polar surface area (TPSA) is 55.8 Å². The highest BCUT2D eigenvalue weighted by atomic mass is 16.6. The Labute approximate surface area is 153 Å². The van der Waals surface area contributed by atoms with Gasteiger partial charge in [0.1, 0.15) is 0 Å². The Bertz CT molecular complexity index is 480. The lowest BCUT2D eigenvalue weighted by Gasteiger charge is -2.19. The second kappa shape index (κ2) is 12.7.